The Morgan fingerprint density at radius 1 is 0.532 bits per heavy atom. The number of unbranched alkanes of at least 4 members (excludes halogenated alkanes) is 6. The van der Waals surface area contributed by atoms with E-state index in [0.29, 0.717) is 35.3 Å². The highest BCUT2D eigenvalue weighted by Gasteiger charge is 2.36. The summed E-state index contributed by atoms with van der Waals surface area (Å²) in [5, 5.41) is 0. The van der Waals surface area contributed by atoms with Gasteiger partial charge in [-0.15, -0.1) is 0 Å². The van der Waals surface area contributed by atoms with Gasteiger partial charge in [-0.25, -0.2) is 0 Å². The number of aromatic nitrogens is 2. The fourth-order valence-corrected chi connectivity index (χ4v) is 6.76. The van der Waals surface area contributed by atoms with Gasteiger partial charge in [-0.2, -0.15) is 8.75 Å². The van der Waals surface area contributed by atoms with Gasteiger partial charge >= 0.3 is 0 Å². The highest BCUT2D eigenvalue weighted by molar-refractivity contribution is 7.00. The molecule has 1 aromatic heterocycles. The highest BCUT2D eigenvalue weighted by atomic mass is 32.1. The van der Waals surface area contributed by atoms with Crippen molar-refractivity contribution >= 4 is 70.7 Å². The fourth-order valence-electron chi connectivity index (χ4n) is 6.17. The zero-order valence-corrected chi connectivity index (χ0v) is 27.6. The summed E-state index contributed by atoms with van der Waals surface area (Å²) < 4.78 is 9.08. The molecule has 0 atom stereocenters. The van der Waals surface area contributed by atoms with Crippen molar-refractivity contribution in [1.29, 1.82) is 0 Å². The Labute approximate surface area is 279 Å². The third-order valence-electron chi connectivity index (χ3n) is 8.85. The first-order chi connectivity index (χ1) is 22.9. The van der Waals surface area contributed by atoms with Gasteiger partial charge in [-0.3, -0.25) is 29.0 Å². The number of carbonyl (C=O) groups excluding carboxylic acids is 4. The van der Waals surface area contributed by atoms with Crippen molar-refractivity contribution in [1.82, 2.24) is 18.5 Å². The van der Waals surface area contributed by atoms with Gasteiger partial charge in [-0.05, 0) is 48.2 Å². The van der Waals surface area contributed by atoms with Crippen molar-refractivity contribution < 1.29 is 19.2 Å². The van der Waals surface area contributed by atoms with Crippen molar-refractivity contribution in [2.75, 3.05) is 13.1 Å². The number of carbonyl (C=O) groups is 4. The first-order valence-corrected chi connectivity index (χ1v) is 17.3. The Bertz CT molecular complexity index is 1790. The van der Waals surface area contributed by atoms with Crippen LogP contribution in [0.2, 0.25) is 0 Å². The summed E-state index contributed by atoms with van der Waals surface area (Å²) in [6, 6.07) is 14.7. The molecular formula is C38H38N4O4S. The third kappa shape index (κ3) is 6.58. The van der Waals surface area contributed by atoms with E-state index in [4.69, 9.17) is 0 Å². The predicted octanol–water partition coefficient (Wildman–Crippen LogP) is 8.38. The Kier molecular flexibility index (Phi) is 9.82. The molecule has 2 aliphatic rings. The third-order valence-corrected chi connectivity index (χ3v) is 9.38. The molecule has 6 rings (SSSR count). The number of amides is 4. The number of hydrogen-bond acceptors (Lipinski definition) is 7. The summed E-state index contributed by atoms with van der Waals surface area (Å²) in [5.74, 6) is -0.873. The number of fused-ring (bicyclic) bond motifs is 3. The molecule has 0 spiro atoms. The molecule has 0 aliphatic carbocycles. The summed E-state index contributed by atoms with van der Waals surface area (Å²) in [5.41, 5.74) is 6.74. The van der Waals surface area contributed by atoms with Crippen LogP contribution in [0.15, 0.2) is 48.5 Å². The predicted molar refractivity (Wildman–Crippen MR) is 187 cm³/mol. The van der Waals surface area contributed by atoms with E-state index in [1.54, 1.807) is 24.3 Å². The molecule has 0 unspecified atom stereocenters. The Hall–Kier alpha value is -4.76. The van der Waals surface area contributed by atoms with Crippen molar-refractivity contribution in [3.05, 3.63) is 93.0 Å². The minimum atomic E-state index is -0.224. The molecule has 0 radical (unpaired) electrons. The SMILES string of the molecule is CCCCCCN1C(=O)c2ccc(C=Cc3ccc(C=Cc4ccc5c(c4)C(=O)N(CCCCCC)C5=O)c4nsnc34)cc2C1=O. The number of rotatable bonds is 14. The molecular weight excluding hydrogens is 609 g/mol. The summed E-state index contributed by atoms with van der Waals surface area (Å²) in [6.45, 7) is 5.17. The molecule has 0 fully saturated rings. The van der Waals surface area contributed by atoms with Gasteiger partial charge < -0.3 is 0 Å². The van der Waals surface area contributed by atoms with E-state index in [0.717, 1.165) is 96.4 Å². The highest BCUT2D eigenvalue weighted by Crippen LogP contribution is 2.29. The number of hydrogen-bond donors (Lipinski definition) is 0. The second-order valence-corrected chi connectivity index (χ2v) is 12.7. The van der Waals surface area contributed by atoms with Crippen molar-refractivity contribution in [3.8, 4) is 0 Å². The Balaban J connectivity index is 1.16. The molecule has 9 heteroatoms. The lowest BCUT2D eigenvalue weighted by Crippen LogP contribution is -2.30. The standard InChI is InChI=1S/C38H38N4O4S/c1-3-5-7-9-21-41-35(43)29-19-13-25(23-31(29)37(41)45)11-15-27-17-18-28(34-33(27)39-47-40-34)16-12-26-14-20-30-32(24-26)38(46)42(36(30)44)22-10-8-6-4-2/h11-20,23-24H,3-10,21-22H2,1-2H3. The van der Waals surface area contributed by atoms with Crippen LogP contribution in [0.1, 0.15) is 129 Å². The maximum absolute atomic E-state index is 13.0. The van der Waals surface area contributed by atoms with E-state index in [9.17, 15) is 19.2 Å². The zero-order chi connectivity index (χ0) is 32.9. The average Bonchev–Trinajstić information content (AvgIpc) is 3.74. The van der Waals surface area contributed by atoms with Gasteiger partial charge in [0, 0.05) is 24.2 Å². The largest absolute Gasteiger partial charge is 0.274 e. The van der Waals surface area contributed by atoms with Crippen molar-refractivity contribution in [2.45, 2.75) is 65.2 Å². The van der Waals surface area contributed by atoms with Gasteiger partial charge in [0.05, 0.1) is 34.0 Å². The van der Waals surface area contributed by atoms with E-state index < -0.39 is 0 Å². The second-order valence-electron chi connectivity index (χ2n) is 12.1. The van der Waals surface area contributed by atoms with E-state index in [2.05, 4.69) is 22.6 Å². The molecule has 47 heavy (non-hydrogen) atoms. The van der Waals surface area contributed by atoms with Crippen LogP contribution in [-0.2, 0) is 0 Å². The quantitative estimate of drug-likeness (QED) is 0.0775. The van der Waals surface area contributed by atoms with Crippen LogP contribution < -0.4 is 0 Å². The molecule has 0 saturated carbocycles. The summed E-state index contributed by atoms with van der Waals surface area (Å²) in [6.07, 6.45) is 15.8. The van der Waals surface area contributed by atoms with Gasteiger partial charge in [0.25, 0.3) is 23.6 Å². The molecule has 0 N–H and O–H groups in total. The average molecular weight is 647 g/mol. The molecule has 8 nitrogen and oxygen atoms in total. The lowest BCUT2D eigenvalue weighted by atomic mass is 10.0. The van der Waals surface area contributed by atoms with Crippen molar-refractivity contribution in [3.63, 3.8) is 0 Å². The lowest BCUT2D eigenvalue weighted by Gasteiger charge is -2.13. The topological polar surface area (TPSA) is 101 Å². The van der Waals surface area contributed by atoms with Gasteiger partial charge in [0.15, 0.2) is 0 Å². The minimum Gasteiger partial charge on any atom is -0.274 e. The molecule has 4 aromatic rings. The molecule has 2 aliphatic heterocycles. The fraction of sp³-hybridized carbons (Fsp3) is 0.316. The van der Waals surface area contributed by atoms with E-state index in [-0.39, 0.29) is 23.6 Å². The van der Waals surface area contributed by atoms with E-state index >= 15 is 0 Å². The maximum Gasteiger partial charge on any atom is 0.261 e. The monoisotopic (exact) mass is 646 g/mol. The molecule has 0 saturated heterocycles. The van der Waals surface area contributed by atoms with Gasteiger partial charge in [-0.1, -0.05) is 101 Å². The van der Waals surface area contributed by atoms with Crippen LogP contribution in [0.5, 0.6) is 0 Å². The smallest absolute Gasteiger partial charge is 0.261 e. The molecule has 4 amide bonds. The van der Waals surface area contributed by atoms with Crippen LogP contribution in [-0.4, -0.2) is 55.3 Å². The summed E-state index contributed by atoms with van der Waals surface area (Å²) in [4.78, 5) is 54.5. The maximum atomic E-state index is 13.0. The molecule has 0 bridgehead atoms. The molecule has 3 aromatic carbocycles. The lowest BCUT2D eigenvalue weighted by molar-refractivity contribution is 0.0636. The number of imide groups is 2. The van der Waals surface area contributed by atoms with Crippen LogP contribution in [0.25, 0.3) is 35.3 Å². The second kappa shape index (κ2) is 14.3. The van der Waals surface area contributed by atoms with E-state index in [1.165, 1.54) is 9.80 Å². The van der Waals surface area contributed by atoms with Crippen molar-refractivity contribution in [2.24, 2.45) is 0 Å². The molecule has 3 heterocycles. The molecule has 240 valence electrons. The van der Waals surface area contributed by atoms with Crippen LogP contribution in [0, 0.1) is 0 Å². The first kappa shape index (κ1) is 32.2. The number of nitrogens with zero attached hydrogens (tertiary/aromatic N) is 4. The number of benzene rings is 3. The summed E-state index contributed by atoms with van der Waals surface area (Å²) in [7, 11) is 0. The first-order valence-electron chi connectivity index (χ1n) is 16.5. The van der Waals surface area contributed by atoms with Crippen LogP contribution >= 0.6 is 11.7 Å². The van der Waals surface area contributed by atoms with Gasteiger partial charge in [0.1, 0.15) is 11.0 Å². The Morgan fingerprint density at radius 2 is 0.957 bits per heavy atom. The van der Waals surface area contributed by atoms with Crippen LogP contribution in [0.4, 0.5) is 0 Å². The van der Waals surface area contributed by atoms with Gasteiger partial charge in [0.2, 0.25) is 0 Å². The zero-order valence-electron chi connectivity index (χ0n) is 26.8. The summed E-state index contributed by atoms with van der Waals surface area (Å²) >= 11 is 1.13. The minimum absolute atomic E-state index is 0.212. The van der Waals surface area contributed by atoms with Crippen LogP contribution in [0.3, 0.4) is 0 Å². The van der Waals surface area contributed by atoms with E-state index in [1.807, 2.05) is 48.6 Å². The Morgan fingerprint density at radius 3 is 1.38 bits per heavy atom. The normalized spacial score (nSPS) is 14.5.